The van der Waals surface area contributed by atoms with E-state index in [0.717, 1.165) is 31.9 Å². The van der Waals surface area contributed by atoms with Gasteiger partial charge in [-0.2, -0.15) is 4.98 Å². The van der Waals surface area contributed by atoms with E-state index < -0.39 is 0 Å². The van der Waals surface area contributed by atoms with Gasteiger partial charge in [0.05, 0.1) is 6.10 Å². The summed E-state index contributed by atoms with van der Waals surface area (Å²) >= 11 is 0. The van der Waals surface area contributed by atoms with Crippen LogP contribution in [0.5, 0.6) is 0 Å². The minimum absolute atomic E-state index is 0.497. The zero-order chi connectivity index (χ0) is 14.0. The van der Waals surface area contributed by atoms with Gasteiger partial charge in [0.2, 0.25) is 5.95 Å². The Balaban J connectivity index is 1.59. The summed E-state index contributed by atoms with van der Waals surface area (Å²) < 4.78 is 5.89. The third-order valence-corrected chi connectivity index (χ3v) is 3.52. The highest BCUT2D eigenvalue weighted by Crippen LogP contribution is 2.20. The average Bonchev–Trinajstić information content (AvgIpc) is 2.49. The van der Waals surface area contributed by atoms with Gasteiger partial charge in [-0.05, 0) is 32.3 Å². The Labute approximate surface area is 121 Å². The van der Waals surface area contributed by atoms with Crippen LogP contribution in [-0.2, 0) is 4.74 Å². The first-order valence-corrected chi connectivity index (χ1v) is 7.81. The number of rotatable bonds is 8. The molecule has 0 bridgehead atoms. The summed E-state index contributed by atoms with van der Waals surface area (Å²) in [6, 6.07) is 1.88. The third-order valence-electron chi connectivity index (χ3n) is 3.52. The quantitative estimate of drug-likeness (QED) is 0.716. The van der Waals surface area contributed by atoms with Gasteiger partial charge in [0.25, 0.3) is 0 Å². The number of hydrogen-bond donors (Lipinski definition) is 2. The lowest BCUT2D eigenvalue weighted by molar-refractivity contribution is 0.0284. The number of hydrogen-bond acceptors (Lipinski definition) is 5. The fraction of sp³-hybridized carbons (Fsp3) is 0.733. The van der Waals surface area contributed by atoms with Crippen molar-refractivity contribution in [1.82, 2.24) is 9.97 Å². The molecule has 0 saturated heterocycles. The molecule has 0 aromatic carbocycles. The van der Waals surface area contributed by atoms with Gasteiger partial charge in [0, 0.05) is 25.9 Å². The molecule has 0 amide bonds. The smallest absolute Gasteiger partial charge is 0.224 e. The van der Waals surface area contributed by atoms with E-state index in [0.29, 0.717) is 12.1 Å². The number of anilines is 2. The summed E-state index contributed by atoms with van der Waals surface area (Å²) in [6.07, 6.45) is 9.76. The summed E-state index contributed by atoms with van der Waals surface area (Å²) in [5.41, 5.74) is 0. The molecule has 0 atom stereocenters. The van der Waals surface area contributed by atoms with E-state index in [4.69, 9.17) is 4.74 Å². The van der Waals surface area contributed by atoms with E-state index >= 15 is 0 Å². The molecule has 1 heterocycles. The van der Waals surface area contributed by atoms with E-state index in [1.807, 2.05) is 6.07 Å². The predicted octanol–water partition coefficient (Wildman–Crippen LogP) is 3.06. The van der Waals surface area contributed by atoms with Crippen LogP contribution in [0.4, 0.5) is 11.8 Å². The van der Waals surface area contributed by atoms with Gasteiger partial charge in [-0.15, -0.1) is 0 Å². The molecule has 1 fully saturated rings. The summed E-state index contributed by atoms with van der Waals surface area (Å²) in [7, 11) is 0. The fourth-order valence-electron chi connectivity index (χ4n) is 2.48. The molecule has 1 aromatic rings. The minimum Gasteiger partial charge on any atom is -0.378 e. The molecule has 20 heavy (non-hydrogen) atoms. The number of nitrogens with one attached hydrogen (secondary N) is 2. The number of aromatic nitrogens is 2. The van der Waals surface area contributed by atoms with Gasteiger partial charge < -0.3 is 15.4 Å². The molecule has 2 rings (SSSR count). The minimum atomic E-state index is 0.497. The summed E-state index contributed by atoms with van der Waals surface area (Å²) in [6.45, 7) is 4.59. The van der Waals surface area contributed by atoms with E-state index in [1.165, 1.54) is 32.1 Å². The van der Waals surface area contributed by atoms with Crippen molar-refractivity contribution in [3.8, 4) is 0 Å². The zero-order valence-electron chi connectivity index (χ0n) is 12.4. The highest BCUT2D eigenvalue weighted by molar-refractivity contribution is 5.39. The van der Waals surface area contributed by atoms with Gasteiger partial charge in [0.1, 0.15) is 5.82 Å². The first-order chi connectivity index (χ1) is 9.88. The molecule has 5 heteroatoms. The lowest BCUT2D eigenvalue weighted by Gasteiger charge is -2.21. The molecule has 1 aromatic heterocycles. The van der Waals surface area contributed by atoms with Crippen molar-refractivity contribution >= 4 is 11.8 Å². The Morgan fingerprint density at radius 2 is 2.10 bits per heavy atom. The van der Waals surface area contributed by atoms with E-state index in [1.54, 1.807) is 6.20 Å². The standard InChI is InChI=1S/C15H26N4O/c1-2-16-14-9-11-18-15(19-14)17-10-6-12-20-13-7-4-3-5-8-13/h9,11,13H,2-8,10,12H2,1H3,(H2,16,17,18,19). The van der Waals surface area contributed by atoms with Gasteiger partial charge in [-0.3, -0.25) is 0 Å². The lowest BCUT2D eigenvalue weighted by atomic mass is 9.98. The highest BCUT2D eigenvalue weighted by atomic mass is 16.5. The number of ether oxygens (including phenoxy) is 1. The summed E-state index contributed by atoms with van der Waals surface area (Å²) in [5, 5.41) is 6.42. The van der Waals surface area contributed by atoms with Crippen LogP contribution in [0.1, 0.15) is 45.4 Å². The van der Waals surface area contributed by atoms with Crippen LogP contribution < -0.4 is 10.6 Å². The summed E-state index contributed by atoms with van der Waals surface area (Å²) in [4.78, 5) is 8.58. The maximum absolute atomic E-state index is 5.89. The molecule has 112 valence electrons. The van der Waals surface area contributed by atoms with Gasteiger partial charge >= 0.3 is 0 Å². The van der Waals surface area contributed by atoms with E-state index in [2.05, 4.69) is 27.5 Å². The van der Waals surface area contributed by atoms with Crippen LogP contribution in [0.15, 0.2) is 12.3 Å². The van der Waals surface area contributed by atoms with Crippen molar-refractivity contribution in [2.75, 3.05) is 30.3 Å². The van der Waals surface area contributed by atoms with Crippen molar-refractivity contribution < 1.29 is 4.74 Å². The molecule has 0 aliphatic heterocycles. The first-order valence-electron chi connectivity index (χ1n) is 7.81. The molecule has 0 radical (unpaired) electrons. The van der Waals surface area contributed by atoms with Gasteiger partial charge in [-0.25, -0.2) is 4.98 Å². The topological polar surface area (TPSA) is 59.1 Å². The zero-order valence-corrected chi connectivity index (χ0v) is 12.4. The van der Waals surface area contributed by atoms with Crippen molar-refractivity contribution in [2.24, 2.45) is 0 Å². The van der Waals surface area contributed by atoms with Crippen LogP contribution in [-0.4, -0.2) is 35.8 Å². The van der Waals surface area contributed by atoms with Crippen LogP contribution >= 0.6 is 0 Å². The molecular weight excluding hydrogens is 252 g/mol. The van der Waals surface area contributed by atoms with Crippen molar-refractivity contribution in [2.45, 2.75) is 51.6 Å². The molecule has 1 aliphatic carbocycles. The van der Waals surface area contributed by atoms with Crippen LogP contribution in [0.25, 0.3) is 0 Å². The maximum Gasteiger partial charge on any atom is 0.224 e. The lowest BCUT2D eigenvalue weighted by Crippen LogP contribution is -2.18. The van der Waals surface area contributed by atoms with E-state index in [9.17, 15) is 0 Å². The Morgan fingerprint density at radius 3 is 2.90 bits per heavy atom. The van der Waals surface area contributed by atoms with Crippen LogP contribution in [0.3, 0.4) is 0 Å². The fourth-order valence-corrected chi connectivity index (χ4v) is 2.48. The molecule has 1 saturated carbocycles. The SMILES string of the molecule is CCNc1ccnc(NCCCOC2CCCCC2)n1. The van der Waals surface area contributed by atoms with Crippen molar-refractivity contribution in [3.63, 3.8) is 0 Å². The Kier molecular flexibility index (Phi) is 6.57. The molecule has 2 N–H and O–H groups in total. The van der Waals surface area contributed by atoms with Gasteiger partial charge in [0.15, 0.2) is 0 Å². The normalized spacial score (nSPS) is 16.1. The molecule has 1 aliphatic rings. The van der Waals surface area contributed by atoms with Crippen molar-refractivity contribution in [1.29, 1.82) is 0 Å². The van der Waals surface area contributed by atoms with E-state index in [-0.39, 0.29) is 0 Å². The molecule has 0 spiro atoms. The Bertz CT molecular complexity index is 380. The average molecular weight is 278 g/mol. The van der Waals surface area contributed by atoms with Gasteiger partial charge in [-0.1, -0.05) is 19.3 Å². The highest BCUT2D eigenvalue weighted by Gasteiger charge is 2.12. The molecular formula is C15H26N4O. The Hall–Kier alpha value is -1.36. The molecule has 0 unspecified atom stereocenters. The maximum atomic E-state index is 5.89. The van der Waals surface area contributed by atoms with Crippen LogP contribution in [0.2, 0.25) is 0 Å². The number of nitrogens with zero attached hydrogens (tertiary/aromatic N) is 2. The second kappa shape index (κ2) is 8.74. The molecule has 5 nitrogen and oxygen atoms in total. The third kappa shape index (κ3) is 5.33. The monoisotopic (exact) mass is 278 g/mol. The van der Waals surface area contributed by atoms with Crippen LogP contribution in [0, 0.1) is 0 Å². The first kappa shape index (κ1) is 15.0. The second-order valence-electron chi connectivity index (χ2n) is 5.21. The predicted molar refractivity (Wildman–Crippen MR) is 82.1 cm³/mol. The summed E-state index contributed by atoms with van der Waals surface area (Å²) in [5.74, 6) is 1.55. The van der Waals surface area contributed by atoms with Crippen molar-refractivity contribution in [3.05, 3.63) is 12.3 Å². The largest absolute Gasteiger partial charge is 0.378 e. The second-order valence-corrected chi connectivity index (χ2v) is 5.21. The Morgan fingerprint density at radius 1 is 1.25 bits per heavy atom.